The summed E-state index contributed by atoms with van der Waals surface area (Å²) < 4.78 is 11.0. The Labute approximate surface area is 165 Å². The van der Waals surface area contributed by atoms with E-state index in [9.17, 15) is 14.4 Å². The van der Waals surface area contributed by atoms with Crippen LogP contribution in [-0.4, -0.2) is 54.5 Å². The first-order chi connectivity index (χ1) is 13.6. The minimum atomic E-state index is -0.316. The zero-order chi connectivity index (χ0) is 19.8. The normalized spacial score (nSPS) is 18.7. The molecule has 1 N–H and O–H groups in total. The summed E-state index contributed by atoms with van der Waals surface area (Å²) in [5.74, 6) is 0.139. The first-order valence-corrected chi connectivity index (χ1v) is 9.98. The average Bonchev–Trinajstić information content (AvgIpc) is 2.73. The number of nitrogens with one attached hydrogen (secondary N) is 1. The Bertz CT molecular complexity index is 661. The second-order valence-electron chi connectivity index (χ2n) is 7.42. The maximum absolute atomic E-state index is 12.2. The van der Waals surface area contributed by atoms with Crippen LogP contribution in [0.3, 0.4) is 0 Å². The molecule has 2 amide bonds. The van der Waals surface area contributed by atoms with Gasteiger partial charge in [-0.2, -0.15) is 0 Å². The van der Waals surface area contributed by atoms with E-state index < -0.39 is 0 Å². The minimum Gasteiger partial charge on any atom is -0.445 e. The first kappa shape index (κ1) is 20.3. The molecule has 1 aromatic rings. The van der Waals surface area contributed by atoms with E-state index in [0.29, 0.717) is 51.6 Å². The topological polar surface area (TPSA) is 84.9 Å². The molecular formula is C21H28N2O5. The molecule has 0 aromatic heterocycles. The van der Waals surface area contributed by atoms with E-state index in [2.05, 4.69) is 5.32 Å². The number of ketones is 1. The summed E-state index contributed by atoms with van der Waals surface area (Å²) in [4.78, 5) is 37.2. The van der Waals surface area contributed by atoms with Gasteiger partial charge in [0.05, 0.1) is 6.10 Å². The molecule has 152 valence electrons. The maximum Gasteiger partial charge on any atom is 0.410 e. The molecule has 0 bridgehead atoms. The quantitative estimate of drug-likeness (QED) is 0.809. The average molecular weight is 388 g/mol. The molecule has 1 aromatic carbocycles. The van der Waals surface area contributed by atoms with Crippen LogP contribution in [0.15, 0.2) is 30.3 Å². The molecule has 0 atom stereocenters. The number of nitrogens with zero attached hydrogens (tertiary/aromatic N) is 1. The van der Waals surface area contributed by atoms with Crippen LogP contribution in [0, 0.1) is 0 Å². The lowest BCUT2D eigenvalue weighted by Crippen LogP contribution is -2.47. The van der Waals surface area contributed by atoms with Crippen LogP contribution in [0.25, 0.3) is 0 Å². The van der Waals surface area contributed by atoms with Gasteiger partial charge in [0.15, 0.2) is 0 Å². The van der Waals surface area contributed by atoms with Gasteiger partial charge in [0.25, 0.3) is 0 Å². The third-order valence-corrected chi connectivity index (χ3v) is 5.26. The molecule has 2 aliphatic rings. The van der Waals surface area contributed by atoms with E-state index in [0.717, 1.165) is 5.56 Å². The Kier molecular flexibility index (Phi) is 7.42. The predicted molar refractivity (Wildman–Crippen MR) is 103 cm³/mol. The highest BCUT2D eigenvalue weighted by Gasteiger charge is 2.25. The van der Waals surface area contributed by atoms with E-state index in [1.807, 2.05) is 30.3 Å². The van der Waals surface area contributed by atoms with E-state index in [4.69, 9.17) is 9.47 Å². The fraction of sp³-hybridized carbons (Fsp3) is 0.571. The first-order valence-electron chi connectivity index (χ1n) is 9.98. The van der Waals surface area contributed by atoms with E-state index in [1.54, 1.807) is 4.90 Å². The van der Waals surface area contributed by atoms with Crippen molar-refractivity contribution in [2.45, 2.75) is 57.3 Å². The highest BCUT2D eigenvalue weighted by Crippen LogP contribution is 2.18. The largest absolute Gasteiger partial charge is 0.445 e. The van der Waals surface area contributed by atoms with Crippen molar-refractivity contribution in [1.82, 2.24) is 10.2 Å². The van der Waals surface area contributed by atoms with Crippen LogP contribution in [0.1, 0.15) is 44.1 Å². The lowest BCUT2D eigenvalue weighted by Gasteiger charge is -2.31. The summed E-state index contributed by atoms with van der Waals surface area (Å²) in [6, 6.07) is 9.63. The maximum atomic E-state index is 12.2. The van der Waals surface area contributed by atoms with Crippen molar-refractivity contribution in [3.8, 4) is 0 Å². The fourth-order valence-electron chi connectivity index (χ4n) is 3.56. The Hall–Kier alpha value is -2.41. The number of carbonyl (C=O) groups is 3. The third-order valence-electron chi connectivity index (χ3n) is 5.26. The van der Waals surface area contributed by atoms with Crippen LogP contribution in [0.4, 0.5) is 4.79 Å². The summed E-state index contributed by atoms with van der Waals surface area (Å²) in [5.41, 5.74) is 0.959. The number of rotatable bonds is 6. The van der Waals surface area contributed by atoms with E-state index in [-0.39, 0.29) is 43.1 Å². The summed E-state index contributed by atoms with van der Waals surface area (Å²) in [6.45, 7) is 1.41. The van der Waals surface area contributed by atoms with Crippen LogP contribution in [-0.2, 0) is 25.7 Å². The molecule has 7 heteroatoms. The summed E-state index contributed by atoms with van der Waals surface area (Å²) >= 11 is 0. The van der Waals surface area contributed by atoms with Crippen molar-refractivity contribution in [2.75, 3.05) is 19.7 Å². The third kappa shape index (κ3) is 6.34. The number of hydrogen-bond acceptors (Lipinski definition) is 5. The van der Waals surface area contributed by atoms with Gasteiger partial charge in [-0.3, -0.25) is 9.59 Å². The van der Waals surface area contributed by atoms with Crippen LogP contribution in [0.5, 0.6) is 0 Å². The van der Waals surface area contributed by atoms with Gasteiger partial charge in [-0.15, -0.1) is 0 Å². The van der Waals surface area contributed by atoms with Gasteiger partial charge in [-0.1, -0.05) is 30.3 Å². The van der Waals surface area contributed by atoms with Crippen molar-refractivity contribution >= 4 is 17.8 Å². The van der Waals surface area contributed by atoms with Gasteiger partial charge in [-0.05, 0) is 31.2 Å². The van der Waals surface area contributed by atoms with Crippen molar-refractivity contribution in [1.29, 1.82) is 0 Å². The SMILES string of the molecule is O=C1CCC(OCC(=O)NC2CCN(C(=O)OCc3ccccc3)CC2)CC1. The molecular weight excluding hydrogens is 360 g/mol. The van der Waals surface area contributed by atoms with Gasteiger partial charge >= 0.3 is 6.09 Å². The molecule has 0 unspecified atom stereocenters. The summed E-state index contributed by atoms with van der Waals surface area (Å²) in [6.07, 6.45) is 3.59. The standard InChI is InChI=1S/C21H28N2O5/c24-18-6-8-19(9-7-18)27-15-20(25)22-17-10-12-23(13-11-17)21(26)28-14-16-4-2-1-3-5-16/h1-5,17,19H,6-15H2,(H,22,25). The molecule has 1 saturated carbocycles. The van der Waals surface area contributed by atoms with Crippen LogP contribution < -0.4 is 5.32 Å². The lowest BCUT2D eigenvalue weighted by molar-refractivity contribution is -0.130. The molecule has 2 fully saturated rings. The van der Waals surface area contributed by atoms with Gasteiger partial charge in [0.1, 0.15) is 19.0 Å². The fourth-order valence-corrected chi connectivity index (χ4v) is 3.56. The molecule has 1 aliphatic heterocycles. The van der Waals surface area contributed by atoms with Gasteiger partial charge in [0.2, 0.25) is 5.91 Å². The van der Waals surface area contributed by atoms with Crippen LogP contribution in [0.2, 0.25) is 0 Å². The number of amides is 2. The molecule has 0 spiro atoms. The molecule has 1 saturated heterocycles. The molecule has 3 rings (SSSR count). The monoisotopic (exact) mass is 388 g/mol. The smallest absolute Gasteiger partial charge is 0.410 e. The number of carbonyl (C=O) groups excluding carboxylic acids is 3. The predicted octanol–water partition coefficient (Wildman–Crippen LogP) is 2.43. The van der Waals surface area contributed by atoms with Crippen molar-refractivity contribution in [2.24, 2.45) is 0 Å². The molecule has 1 heterocycles. The summed E-state index contributed by atoms with van der Waals surface area (Å²) in [5, 5.41) is 2.97. The number of Topliss-reactive ketones (excluding diaryl/α,β-unsaturated/α-hetero) is 1. The minimum absolute atomic E-state index is 0.00434. The Morgan fingerprint density at radius 1 is 1.04 bits per heavy atom. The van der Waals surface area contributed by atoms with Crippen molar-refractivity contribution in [3.05, 3.63) is 35.9 Å². The summed E-state index contributed by atoms with van der Waals surface area (Å²) in [7, 11) is 0. The Morgan fingerprint density at radius 3 is 2.39 bits per heavy atom. The lowest BCUT2D eigenvalue weighted by atomic mass is 9.96. The number of benzene rings is 1. The van der Waals surface area contributed by atoms with Crippen LogP contribution >= 0.6 is 0 Å². The molecule has 7 nitrogen and oxygen atoms in total. The van der Waals surface area contributed by atoms with Gasteiger partial charge in [-0.25, -0.2) is 4.79 Å². The second kappa shape index (κ2) is 10.2. The van der Waals surface area contributed by atoms with E-state index in [1.165, 1.54) is 0 Å². The molecule has 1 aliphatic carbocycles. The highest BCUT2D eigenvalue weighted by molar-refractivity contribution is 5.79. The molecule has 28 heavy (non-hydrogen) atoms. The van der Waals surface area contributed by atoms with Crippen molar-refractivity contribution < 1.29 is 23.9 Å². The number of piperidine rings is 1. The van der Waals surface area contributed by atoms with E-state index >= 15 is 0 Å². The Morgan fingerprint density at radius 2 is 1.71 bits per heavy atom. The van der Waals surface area contributed by atoms with Gasteiger partial charge in [0, 0.05) is 32.0 Å². The Balaban J connectivity index is 1.30. The highest BCUT2D eigenvalue weighted by atomic mass is 16.6. The zero-order valence-electron chi connectivity index (χ0n) is 16.1. The second-order valence-corrected chi connectivity index (χ2v) is 7.42. The molecule has 0 radical (unpaired) electrons. The number of likely N-dealkylation sites (tertiary alicyclic amines) is 1. The van der Waals surface area contributed by atoms with Crippen molar-refractivity contribution in [3.63, 3.8) is 0 Å². The van der Waals surface area contributed by atoms with Gasteiger partial charge < -0.3 is 19.7 Å². The zero-order valence-corrected chi connectivity index (χ0v) is 16.1. The number of hydrogen-bond donors (Lipinski definition) is 1. The number of ether oxygens (including phenoxy) is 2.